The number of benzene rings is 1. The summed E-state index contributed by atoms with van der Waals surface area (Å²) in [6, 6.07) is 8.97. The van der Waals surface area contributed by atoms with Crippen LogP contribution < -0.4 is 11.1 Å². The predicted molar refractivity (Wildman–Crippen MR) is 86.7 cm³/mol. The standard InChI is InChI=1S/C15H23N3O2.ClH/c1-12(16)18-10-6-5-9-14(17)15(19)20-11-13-7-3-2-4-8-13;/h2-4,7-8,14H,5-6,9-11,17H2,1H3,(H2,16,18);1H. The Morgan fingerprint density at radius 2 is 2.00 bits per heavy atom. The van der Waals surface area contributed by atoms with Crippen molar-refractivity contribution in [1.29, 1.82) is 5.41 Å². The van der Waals surface area contributed by atoms with E-state index in [2.05, 4.69) is 5.32 Å². The molecule has 5 nitrogen and oxygen atoms in total. The fraction of sp³-hybridized carbons (Fsp3) is 0.467. The number of hydrogen-bond donors (Lipinski definition) is 3. The summed E-state index contributed by atoms with van der Waals surface area (Å²) in [5, 5.41) is 10.1. The Labute approximate surface area is 132 Å². The topological polar surface area (TPSA) is 88.2 Å². The Kier molecular flexibility index (Phi) is 10.3. The number of amidine groups is 1. The second kappa shape index (κ2) is 11.1. The molecule has 0 radical (unpaired) electrons. The Bertz CT molecular complexity index is 426. The molecular weight excluding hydrogens is 290 g/mol. The fourth-order valence-corrected chi connectivity index (χ4v) is 1.72. The molecule has 1 aromatic carbocycles. The molecule has 1 unspecified atom stereocenters. The van der Waals surface area contributed by atoms with Crippen molar-refractivity contribution < 1.29 is 9.53 Å². The van der Waals surface area contributed by atoms with E-state index in [1.54, 1.807) is 6.92 Å². The van der Waals surface area contributed by atoms with Gasteiger partial charge in [0.05, 0.1) is 5.84 Å². The van der Waals surface area contributed by atoms with Gasteiger partial charge in [0.2, 0.25) is 0 Å². The van der Waals surface area contributed by atoms with E-state index in [0.29, 0.717) is 12.3 Å². The maximum Gasteiger partial charge on any atom is 0.323 e. The number of rotatable bonds is 8. The molecule has 0 aliphatic rings. The van der Waals surface area contributed by atoms with Crippen LogP contribution in [0.3, 0.4) is 0 Å². The third-order valence-corrected chi connectivity index (χ3v) is 2.86. The molecular formula is C15H24ClN3O2. The Morgan fingerprint density at radius 3 is 2.62 bits per heavy atom. The number of esters is 1. The van der Waals surface area contributed by atoms with Gasteiger partial charge in [-0.05, 0) is 31.7 Å². The van der Waals surface area contributed by atoms with E-state index in [4.69, 9.17) is 15.9 Å². The van der Waals surface area contributed by atoms with Crippen molar-refractivity contribution in [2.45, 2.75) is 38.8 Å². The molecule has 0 amide bonds. The zero-order valence-corrected chi connectivity index (χ0v) is 13.1. The van der Waals surface area contributed by atoms with Crippen LogP contribution in [0.2, 0.25) is 0 Å². The lowest BCUT2D eigenvalue weighted by molar-refractivity contribution is -0.146. The molecule has 4 N–H and O–H groups in total. The first-order chi connectivity index (χ1) is 9.59. The number of hydrogen-bond acceptors (Lipinski definition) is 4. The van der Waals surface area contributed by atoms with Gasteiger partial charge in [-0.25, -0.2) is 0 Å². The number of carbonyl (C=O) groups excluding carboxylic acids is 1. The smallest absolute Gasteiger partial charge is 0.323 e. The number of halogens is 1. The highest BCUT2D eigenvalue weighted by Gasteiger charge is 2.14. The van der Waals surface area contributed by atoms with Crippen molar-refractivity contribution in [3.8, 4) is 0 Å². The highest BCUT2D eigenvalue weighted by Crippen LogP contribution is 2.04. The van der Waals surface area contributed by atoms with E-state index in [0.717, 1.165) is 24.9 Å². The average Bonchev–Trinajstić information content (AvgIpc) is 2.45. The van der Waals surface area contributed by atoms with Crippen molar-refractivity contribution in [1.82, 2.24) is 5.32 Å². The van der Waals surface area contributed by atoms with E-state index >= 15 is 0 Å². The molecule has 1 rings (SSSR count). The zero-order chi connectivity index (χ0) is 14.8. The third kappa shape index (κ3) is 9.05. The minimum absolute atomic E-state index is 0. The van der Waals surface area contributed by atoms with E-state index in [1.165, 1.54) is 0 Å². The minimum atomic E-state index is -0.570. The van der Waals surface area contributed by atoms with Crippen LogP contribution in [0, 0.1) is 5.41 Å². The number of carbonyl (C=O) groups is 1. The molecule has 0 aliphatic carbocycles. The normalized spacial score (nSPS) is 11.1. The first kappa shape index (κ1) is 19.4. The molecule has 0 bridgehead atoms. The summed E-state index contributed by atoms with van der Waals surface area (Å²) in [6.07, 6.45) is 2.32. The Balaban J connectivity index is 0.00000400. The molecule has 118 valence electrons. The summed E-state index contributed by atoms with van der Waals surface area (Å²) in [4.78, 5) is 11.7. The highest BCUT2D eigenvalue weighted by atomic mass is 35.5. The molecule has 0 heterocycles. The molecule has 6 heteroatoms. The summed E-state index contributed by atoms with van der Waals surface area (Å²) >= 11 is 0. The summed E-state index contributed by atoms with van der Waals surface area (Å²) in [6.45, 7) is 2.70. The van der Waals surface area contributed by atoms with E-state index in [-0.39, 0.29) is 25.0 Å². The van der Waals surface area contributed by atoms with Gasteiger partial charge >= 0.3 is 5.97 Å². The second-order valence-electron chi connectivity index (χ2n) is 4.75. The van der Waals surface area contributed by atoms with Crippen LogP contribution in [-0.2, 0) is 16.1 Å². The highest BCUT2D eigenvalue weighted by molar-refractivity contribution is 5.85. The maximum absolute atomic E-state index is 11.7. The van der Waals surface area contributed by atoms with Gasteiger partial charge in [0.25, 0.3) is 0 Å². The molecule has 1 aromatic rings. The van der Waals surface area contributed by atoms with Crippen molar-refractivity contribution in [3.63, 3.8) is 0 Å². The van der Waals surface area contributed by atoms with Gasteiger partial charge in [-0.1, -0.05) is 30.3 Å². The summed E-state index contributed by atoms with van der Waals surface area (Å²) in [5.41, 5.74) is 6.74. The summed E-state index contributed by atoms with van der Waals surface area (Å²) < 4.78 is 5.17. The number of unbranched alkanes of at least 4 members (excludes halogenated alkanes) is 1. The lowest BCUT2D eigenvalue weighted by atomic mass is 10.1. The number of ether oxygens (including phenoxy) is 1. The first-order valence-corrected chi connectivity index (χ1v) is 6.84. The zero-order valence-electron chi connectivity index (χ0n) is 12.3. The van der Waals surface area contributed by atoms with Crippen molar-refractivity contribution in [3.05, 3.63) is 35.9 Å². The predicted octanol–water partition coefficient (Wildman–Crippen LogP) is 2.24. The summed E-state index contributed by atoms with van der Waals surface area (Å²) in [5.74, 6) is 0.0987. The third-order valence-electron chi connectivity index (χ3n) is 2.86. The quantitative estimate of drug-likeness (QED) is 0.297. The van der Waals surface area contributed by atoms with Gasteiger partial charge < -0.3 is 15.8 Å². The van der Waals surface area contributed by atoms with Crippen LogP contribution in [0.15, 0.2) is 30.3 Å². The van der Waals surface area contributed by atoms with Gasteiger partial charge in [0.1, 0.15) is 12.6 Å². The van der Waals surface area contributed by atoms with Crippen LogP contribution in [0.4, 0.5) is 0 Å². The molecule has 0 aromatic heterocycles. The Hall–Kier alpha value is -1.59. The SMILES string of the molecule is CC(=N)NCCCCC(N)C(=O)OCc1ccccc1.Cl. The van der Waals surface area contributed by atoms with Crippen LogP contribution in [0.25, 0.3) is 0 Å². The van der Waals surface area contributed by atoms with Crippen LogP contribution >= 0.6 is 12.4 Å². The van der Waals surface area contributed by atoms with Crippen LogP contribution in [0.5, 0.6) is 0 Å². The van der Waals surface area contributed by atoms with E-state index in [9.17, 15) is 4.79 Å². The molecule has 0 saturated heterocycles. The minimum Gasteiger partial charge on any atom is -0.460 e. The van der Waals surface area contributed by atoms with Crippen molar-refractivity contribution in [2.24, 2.45) is 5.73 Å². The second-order valence-corrected chi connectivity index (χ2v) is 4.75. The molecule has 0 saturated carbocycles. The van der Waals surface area contributed by atoms with Crippen molar-refractivity contribution in [2.75, 3.05) is 6.54 Å². The fourth-order valence-electron chi connectivity index (χ4n) is 1.72. The lowest BCUT2D eigenvalue weighted by Gasteiger charge is -2.11. The molecule has 0 aliphatic heterocycles. The average molecular weight is 314 g/mol. The van der Waals surface area contributed by atoms with Gasteiger partial charge in [0, 0.05) is 6.54 Å². The van der Waals surface area contributed by atoms with Crippen LogP contribution in [-0.4, -0.2) is 24.4 Å². The molecule has 1 atom stereocenters. The van der Waals surface area contributed by atoms with Gasteiger partial charge in [0.15, 0.2) is 0 Å². The monoisotopic (exact) mass is 313 g/mol. The van der Waals surface area contributed by atoms with Gasteiger partial charge in [-0.15, -0.1) is 12.4 Å². The van der Waals surface area contributed by atoms with Gasteiger partial charge in [-0.2, -0.15) is 0 Å². The number of nitrogens with two attached hydrogens (primary N) is 1. The largest absolute Gasteiger partial charge is 0.460 e. The molecule has 0 fully saturated rings. The van der Waals surface area contributed by atoms with Crippen molar-refractivity contribution >= 4 is 24.2 Å². The molecule has 0 spiro atoms. The molecule has 21 heavy (non-hydrogen) atoms. The van der Waals surface area contributed by atoms with Gasteiger partial charge in [-0.3, -0.25) is 10.2 Å². The first-order valence-electron chi connectivity index (χ1n) is 6.84. The summed E-state index contributed by atoms with van der Waals surface area (Å²) in [7, 11) is 0. The number of nitrogens with one attached hydrogen (secondary N) is 2. The maximum atomic E-state index is 11.7. The Morgan fingerprint density at radius 1 is 1.33 bits per heavy atom. The lowest BCUT2D eigenvalue weighted by Crippen LogP contribution is -2.32. The van der Waals surface area contributed by atoms with Crippen LogP contribution in [0.1, 0.15) is 31.7 Å². The van der Waals surface area contributed by atoms with E-state index in [1.807, 2.05) is 30.3 Å². The van der Waals surface area contributed by atoms with E-state index < -0.39 is 6.04 Å².